The summed E-state index contributed by atoms with van der Waals surface area (Å²) < 4.78 is 2.12. The van der Waals surface area contributed by atoms with E-state index in [1.54, 1.807) is 0 Å². The summed E-state index contributed by atoms with van der Waals surface area (Å²) in [5.41, 5.74) is 2.50. The second kappa shape index (κ2) is 8.45. The van der Waals surface area contributed by atoms with Gasteiger partial charge in [-0.2, -0.15) is 0 Å². The molecule has 1 fully saturated rings. The zero-order valence-corrected chi connectivity index (χ0v) is 15.3. The fourth-order valence-corrected chi connectivity index (χ4v) is 3.69. The Morgan fingerprint density at radius 1 is 1.27 bits per heavy atom. The lowest BCUT2D eigenvalue weighted by Crippen LogP contribution is -2.28. The number of aromatic nitrogens is 2. The van der Waals surface area contributed by atoms with Gasteiger partial charge in [0.2, 0.25) is 0 Å². The summed E-state index contributed by atoms with van der Waals surface area (Å²) in [7, 11) is 2.03. The number of ketones is 1. The second-order valence-electron chi connectivity index (χ2n) is 7.19. The van der Waals surface area contributed by atoms with Crippen LogP contribution in [0.3, 0.4) is 0 Å². The van der Waals surface area contributed by atoms with Crippen LogP contribution in [0.2, 0.25) is 0 Å². The van der Waals surface area contributed by atoms with Gasteiger partial charge < -0.3 is 15.0 Å². The molecule has 0 spiro atoms. The normalized spacial score (nSPS) is 15.4. The minimum Gasteiger partial charge on any atom is -0.481 e. The summed E-state index contributed by atoms with van der Waals surface area (Å²) in [5, 5.41) is 12.1. The summed E-state index contributed by atoms with van der Waals surface area (Å²) >= 11 is 0. The summed E-state index contributed by atoms with van der Waals surface area (Å²) in [4.78, 5) is 27.6. The van der Waals surface area contributed by atoms with Gasteiger partial charge in [0.05, 0.1) is 11.0 Å². The van der Waals surface area contributed by atoms with Crippen LogP contribution in [0.1, 0.15) is 54.7 Å². The largest absolute Gasteiger partial charge is 0.481 e. The van der Waals surface area contributed by atoms with Crippen LogP contribution in [0.25, 0.3) is 11.0 Å². The van der Waals surface area contributed by atoms with Crippen LogP contribution in [-0.4, -0.2) is 39.5 Å². The van der Waals surface area contributed by atoms with E-state index in [1.165, 1.54) is 12.8 Å². The number of imidazole rings is 1. The molecule has 0 aliphatic carbocycles. The fourth-order valence-electron chi connectivity index (χ4n) is 3.69. The standard InChI is InChI=1S/C20H27N3O3/c1-23-17-7-6-15(18(24)3-2-4-20(25)26)13-16(17)22-19(23)8-5-14-9-11-21-12-10-14/h6-7,13-14,21H,2-5,8-12H2,1H3,(H,25,26). The van der Waals surface area contributed by atoms with Crippen molar-refractivity contribution in [1.29, 1.82) is 0 Å². The van der Waals surface area contributed by atoms with Gasteiger partial charge in [0, 0.05) is 31.9 Å². The van der Waals surface area contributed by atoms with E-state index in [2.05, 4.69) is 9.88 Å². The minimum absolute atomic E-state index is 0.0185. The lowest BCUT2D eigenvalue weighted by molar-refractivity contribution is -0.137. The van der Waals surface area contributed by atoms with Crippen molar-refractivity contribution in [3.05, 3.63) is 29.6 Å². The fraction of sp³-hybridized carbons (Fsp3) is 0.550. The number of carboxylic acids is 1. The molecule has 0 atom stereocenters. The Balaban J connectivity index is 1.67. The highest BCUT2D eigenvalue weighted by Crippen LogP contribution is 2.22. The Hall–Kier alpha value is -2.21. The third kappa shape index (κ3) is 4.49. The summed E-state index contributed by atoms with van der Waals surface area (Å²) in [6, 6.07) is 5.61. The van der Waals surface area contributed by atoms with Crippen molar-refractivity contribution in [3.8, 4) is 0 Å². The number of Topliss-reactive ketones (excluding diaryl/α,β-unsaturated/α-hetero) is 1. The molecule has 140 valence electrons. The molecule has 2 heterocycles. The van der Waals surface area contributed by atoms with Crippen molar-refractivity contribution in [2.45, 2.75) is 44.9 Å². The number of hydrogen-bond donors (Lipinski definition) is 2. The van der Waals surface area contributed by atoms with Gasteiger partial charge in [-0.25, -0.2) is 4.98 Å². The number of benzene rings is 1. The first-order valence-corrected chi connectivity index (χ1v) is 9.45. The highest BCUT2D eigenvalue weighted by Gasteiger charge is 2.16. The number of nitrogens with one attached hydrogen (secondary N) is 1. The van der Waals surface area contributed by atoms with E-state index in [9.17, 15) is 9.59 Å². The molecule has 26 heavy (non-hydrogen) atoms. The topological polar surface area (TPSA) is 84.2 Å². The van der Waals surface area contributed by atoms with Crippen molar-refractivity contribution >= 4 is 22.8 Å². The van der Waals surface area contributed by atoms with Gasteiger partial charge >= 0.3 is 5.97 Å². The van der Waals surface area contributed by atoms with E-state index in [0.29, 0.717) is 12.0 Å². The zero-order chi connectivity index (χ0) is 18.5. The first-order valence-electron chi connectivity index (χ1n) is 9.45. The minimum atomic E-state index is -0.864. The summed E-state index contributed by atoms with van der Waals surface area (Å²) in [6.45, 7) is 2.22. The Morgan fingerprint density at radius 2 is 2.04 bits per heavy atom. The molecule has 1 aliphatic rings. The molecule has 6 heteroatoms. The molecule has 0 bridgehead atoms. The molecular formula is C20H27N3O3. The molecule has 1 aromatic carbocycles. The Kier molecular flexibility index (Phi) is 6.04. The molecule has 1 saturated heterocycles. The Labute approximate surface area is 153 Å². The number of fused-ring (bicyclic) bond motifs is 1. The Morgan fingerprint density at radius 3 is 2.77 bits per heavy atom. The number of hydrogen-bond acceptors (Lipinski definition) is 4. The number of rotatable bonds is 8. The van der Waals surface area contributed by atoms with Gasteiger partial charge in [0.1, 0.15) is 5.82 Å². The highest BCUT2D eigenvalue weighted by atomic mass is 16.4. The van der Waals surface area contributed by atoms with E-state index in [1.807, 2.05) is 25.2 Å². The van der Waals surface area contributed by atoms with Crippen molar-refractivity contribution < 1.29 is 14.7 Å². The van der Waals surface area contributed by atoms with Gasteiger partial charge in [0.25, 0.3) is 0 Å². The average molecular weight is 357 g/mol. The number of aryl methyl sites for hydroxylation is 2. The molecule has 6 nitrogen and oxygen atoms in total. The van der Waals surface area contributed by atoms with Crippen LogP contribution in [0.15, 0.2) is 18.2 Å². The predicted molar refractivity (Wildman–Crippen MR) is 100 cm³/mol. The van der Waals surface area contributed by atoms with Crippen LogP contribution < -0.4 is 5.32 Å². The molecule has 0 radical (unpaired) electrons. The van der Waals surface area contributed by atoms with Crippen LogP contribution in [0, 0.1) is 5.92 Å². The number of carboxylic acid groups (broad SMARTS) is 1. The van der Waals surface area contributed by atoms with Crippen LogP contribution in [-0.2, 0) is 18.3 Å². The molecule has 0 amide bonds. The second-order valence-corrected chi connectivity index (χ2v) is 7.19. The molecular weight excluding hydrogens is 330 g/mol. The summed E-state index contributed by atoms with van der Waals surface area (Å²) in [6.07, 6.45) is 5.23. The summed E-state index contributed by atoms with van der Waals surface area (Å²) in [5.74, 6) is 0.947. The van der Waals surface area contributed by atoms with E-state index in [-0.39, 0.29) is 18.6 Å². The van der Waals surface area contributed by atoms with Crippen molar-refractivity contribution in [2.24, 2.45) is 13.0 Å². The lowest BCUT2D eigenvalue weighted by Gasteiger charge is -2.22. The smallest absolute Gasteiger partial charge is 0.303 e. The van der Waals surface area contributed by atoms with Gasteiger partial charge in [-0.3, -0.25) is 9.59 Å². The Bertz CT molecular complexity index is 791. The maximum absolute atomic E-state index is 12.3. The molecule has 2 aromatic rings. The van der Waals surface area contributed by atoms with Gasteiger partial charge in [-0.15, -0.1) is 0 Å². The maximum Gasteiger partial charge on any atom is 0.303 e. The number of piperidine rings is 1. The third-order valence-electron chi connectivity index (χ3n) is 5.32. The monoisotopic (exact) mass is 357 g/mol. The lowest BCUT2D eigenvalue weighted by atomic mass is 9.93. The first kappa shape index (κ1) is 18.6. The van der Waals surface area contributed by atoms with Crippen LogP contribution >= 0.6 is 0 Å². The van der Waals surface area contributed by atoms with E-state index in [0.717, 1.165) is 48.7 Å². The number of carbonyl (C=O) groups is 2. The van der Waals surface area contributed by atoms with Crippen molar-refractivity contribution in [2.75, 3.05) is 13.1 Å². The number of nitrogens with zero attached hydrogens (tertiary/aromatic N) is 2. The van der Waals surface area contributed by atoms with Crippen LogP contribution in [0.4, 0.5) is 0 Å². The third-order valence-corrected chi connectivity index (χ3v) is 5.32. The molecule has 3 rings (SSSR count). The molecule has 1 aromatic heterocycles. The SMILES string of the molecule is Cn1c(CCC2CCNCC2)nc2cc(C(=O)CCCC(=O)O)ccc21. The van der Waals surface area contributed by atoms with E-state index >= 15 is 0 Å². The average Bonchev–Trinajstić information content (AvgIpc) is 2.96. The molecule has 0 unspecified atom stereocenters. The predicted octanol–water partition coefficient (Wildman–Crippen LogP) is 2.94. The number of carbonyl (C=O) groups excluding carboxylic acids is 1. The van der Waals surface area contributed by atoms with E-state index in [4.69, 9.17) is 10.1 Å². The zero-order valence-electron chi connectivity index (χ0n) is 15.3. The van der Waals surface area contributed by atoms with Crippen molar-refractivity contribution in [3.63, 3.8) is 0 Å². The van der Waals surface area contributed by atoms with Crippen molar-refractivity contribution in [1.82, 2.24) is 14.9 Å². The maximum atomic E-state index is 12.3. The van der Waals surface area contributed by atoms with Crippen LogP contribution in [0.5, 0.6) is 0 Å². The molecule has 0 saturated carbocycles. The molecule has 1 aliphatic heterocycles. The van der Waals surface area contributed by atoms with Gasteiger partial charge in [-0.05, 0) is 62.9 Å². The molecule has 2 N–H and O–H groups in total. The quantitative estimate of drug-likeness (QED) is 0.710. The highest BCUT2D eigenvalue weighted by molar-refractivity contribution is 5.99. The first-order chi connectivity index (χ1) is 12.5. The number of aliphatic carboxylic acids is 1. The van der Waals surface area contributed by atoms with E-state index < -0.39 is 5.97 Å². The van der Waals surface area contributed by atoms with Gasteiger partial charge in [0.15, 0.2) is 5.78 Å². The van der Waals surface area contributed by atoms with Gasteiger partial charge in [-0.1, -0.05) is 0 Å².